The van der Waals surface area contributed by atoms with Gasteiger partial charge in [-0.1, -0.05) is 0 Å². The molecule has 6 nitrogen and oxygen atoms in total. The van der Waals surface area contributed by atoms with Crippen LogP contribution in [0.2, 0.25) is 0 Å². The van der Waals surface area contributed by atoms with E-state index in [4.69, 9.17) is 9.84 Å². The lowest BCUT2D eigenvalue weighted by Crippen LogP contribution is -2.42. The number of amides is 1. The Kier molecular flexibility index (Phi) is 4.92. The van der Waals surface area contributed by atoms with Crippen molar-refractivity contribution in [2.45, 2.75) is 18.9 Å². The number of aromatic nitrogens is 1. The van der Waals surface area contributed by atoms with E-state index in [-0.39, 0.29) is 18.4 Å². The third-order valence-corrected chi connectivity index (χ3v) is 3.75. The summed E-state index contributed by atoms with van der Waals surface area (Å²) in [5, 5.41) is 18.6. The van der Waals surface area contributed by atoms with Crippen LogP contribution in [-0.4, -0.2) is 58.9 Å². The van der Waals surface area contributed by atoms with Crippen LogP contribution in [-0.2, 0) is 0 Å². The molecule has 1 amide bonds. The number of hydrogen-bond donors (Lipinski definition) is 2. The summed E-state index contributed by atoms with van der Waals surface area (Å²) in [6.07, 6.45) is 2.27. The Hall–Kier alpha value is -1.66. The van der Waals surface area contributed by atoms with Crippen LogP contribution in [0, 0.1) is 5.92 Å². The van der Waals surface area contributed by atoms with Gasteiger partial charge in [-0.15, -0.1) is 0 Å². The summed E-state index contributed by atoms with van der Waals surface area (Å²) in [6, 6.07) is 3.29. The highest BCUT2D eigenvalue weighted by atomic mass is 16.5. The lowest BCUT2D eigenvalue weighted by atomic mass is 9.91. The zero-order chi connectivity index (χ0) is 14.5. The maximum atomic E-state index is 12.3. The molecule has 1 aromatic rings. The van der Waals surface area contributed by atoms with Gasteiger partial charge in [-0.05, 0) is 24.8 Å². The maximum absolute atomic E-state index is 12.3. The molecule has 6 heteroatoms. The number of aliphatic hydroxyl groups excluding tert-OH is 2. The fourth-order valence-corrected chi connectivity index (χ4v) is 2.47. The first-order valence-electron chi connectivity index (χ1n) is 6.74. The summed E-state index contributed by atoms with van der Waals surface area (Å²) in [6.45, 7) is 0.955. The molecule has 2 rings (SSSR count). The van der Waals surface area contributed by atoms with E-state index in [1.54, 1.807) is 23.2 Å². The number of carbonyl (C=O) groups excluding carboxylic acids is 1. The molecule has 2 heterocycles. The highest BCUT2D eigenvalue weighted by Crippen LogP contribution is 2.22. The van der Waals surface area contributed by atoms with E-state index in [0.717, 1.165) is 0 Å². The summed E-state index contributed by atoms with van der Waals surface area (Å²) in [7, 11) is 1.51. The van der Waals surface area contributed by atoms with Crippen LogP contribution >= 0.6 is 0 Å². The van der Waals surface area contributed by atoms with E-state index in [2.05, 4.69) is 4.98 Å². The number of methoxy groups -OCH3 is 1. The fourth-order valence-electron chi connectivity index (χ4n) is 2.47. The number of pyridine rings is 1. The van der Waals surface area contributed by atoms with E-state index in [9.17, 15) is 9.90 Å². The number of carbonyl (C=O) groups is 1. The molecule has 0 spiro atoms. The van der Waals surface area contributed by atoms with Crippen LogP contribution in [0.15, 0.2) is 18.3 Å². The monoisotopic (exact) mass is 280 g/mol. The molecule has 0 radical (unpaired) electrons. The SMILES string of the molecule is COc1cc(C(=O)N2CCC(C(O)CO)CC2)ccn1. The molecule has 1 aliphatic rings. The highest BCUT2D eigenvalue weighted by molar-refractivity contribution is 5.94. The van der Waals surface area contributed by atoms with Crippen molar-refractivity contribution in [1.29, 1.82) is 0 Å². The van der Waals surface area contributed by atoms with Crippen LogP contribution in [0.5, 0.6) is 5.88 Å². The van der Waals surface area contributed by atoms with Gasteiger partial charge in [0.2, 0.25) is 5.88 Å². The normalized spacial score (nSPS) is 17.9. The molecule has 1 saturated heterocycles. The molecule has 0 saturated carbocycles. The van der Waals surface area contributed by atoms with Gasteiger partial charge in [0.1, 0.15) is 0 Å². The van der Waals surface area contributed by atoms with Crippen molar-refractivity contribution in [3.63, 3.8) is 0 Å². The maximum Gasteiger partial charge on any atom is 0.254 e. The number of piperidine rings is 1. The number of rotatable bonds is 4. The number of nitrogens with zero attached hydrogens (tertiary/aromatic N) is 2. The summed E-state index contributed by atoms with van der Waals surface area (Å²) < 4.78 is 5.01. The summed E-state index contributed by atoms with van der Waals surface area (Å²) in [5.74, 6) is 0.431. The zero-order valence-electron chi connectivity index (χ0n) is 11.5. The van der Waals surface area contributed by atoms with Crippen molar-refractivity contribution in [2.24, 2.45) is 5.92 Å². The first-order chi connectivity index (χ1) is 9.65. The van der Waals surface area contributed by atoms with Gasteiger partial charge in [-0.2, -0.15) is 0 Å². The third-order valence-electron chi connectivity index (χ3n) is 3.75. The Bertz CT molecular complexity index is 458. The van der Waals surface area contributed by atoms with E-state index >= 15 is 0 Å². The van der Waals surface area contributed by atoms with Crippen LogP contribution in [0.4, 0.5) is 0 Å². The van der Waals surface area contributed by atoms with Crippen molar-refractivity contribution in [2.75, 3.05) is 26.8 Å². The number of aliphatic hydroxyl groups is 2. The fraction of sp³-hybridized carbons (Fsp3) is 0.571. The molecule has 2 N–H and O–H groups in total. The number of likely N-dealkylation sites (tertiary alicyclic amines) is 1. The van der Waals surface area contributed by atoms with Gasteiger partial charge >= 0.3 is 0 Å². The van der Waals surface area contributed by atoms with Gasteiger partial charge in [0, 0.05) is 30.9 Å². The van der Waals surface area contributed by atoms with Gasteiger partial charge in [0.25, 0.3) is 5.91 Å². The minimum absolute atomic E-state index is 0.0531. The Morgan fingerprint density at radius 2 is 2.25 bits per heavy atom. The molecule has 0 aliphatic carbocycles. The molecule has 1 aromatic heterocycles. The topological polar surface area (TPSA) is 82.9 Å². The van der Waals surface area contributed by atoms with Crippen molar-refractivity contribution in [3.8, 4) is 5.88 Å². The molecular formula is C14H20N2O4. The molecule has 1 unspecified atom stereocenters. The Labute approximate surface area is 118 Å². The van der Waals surface area contributed by atoms with Crippen molar-refractivity contribution in [1.82, 2.24) is 9.88 Å². The zero-order valence-corrected chi connectivity index (χ0v) is 11.5. The van der Waals surface area contributed by atoms with E-state index in [0.29, 0.717) is 37.4 Å². The predicted octanol–water partition coefficient (Wildman–Crippen LogP) is 0.296. The molecule has 1 atom stereocenters. The smallest absolute Gasteiger partial charge is 0.254 e. The van der Waals surface area contributed by atoms with Crippen molar-refractivity contribution < 1.29 is 19.7 Å². The van der Waals surface area contributed by atoms with Crippen LogP contribution < -0.4 is 4.74 Å². The predicted molar refractivity (Wildman–Crippen MR) is 72.5 cm³/mol. The van der Waals surface area contributed by atoms with Gasteiger partial charge in [0.15, 0.2) is 0 Å². The Morgan fingerprint density at radius 3 is 2.85 bits per heavy atom. The quantitative estimate of drug-likeness (QED) is 0.828. The molecule has 1 fully saturated rings. The average Bonchev–Trinajstić information content (AvgIpc) is 2.53. The van der Waals surface area contributed by atoms with Gasteiger partial charge in [-0.25, -0.2) is 4.98 Å². The largest absolute Gasteiger partial charge is 0.481 e. The lowest BCUT2D eigenvalue weighted by molar-refractivity contribution is 0.0179. The van der Waals surface area contributed by atoms with Crippen LogP contribution in [0.1, 0.15) is 23.2 Å². The van der Waals surface area contributed by atoms with Crippen LogP contribution in [0.25, 0.3) is 0 Å². The third kappa shape index (κ3) is 3.26. The molecule has 110 valence electrons. The second-order valence-corrected chi connectivity index (χ2v) is 4.97. The minimum Gasteiger partial charge on any atom is -0.481 e. The molecule has 1 aliphatic heterocycles. The molecule has 20 heavy (non-hydrogen) atoms. The lowest BCUT2D eigenvalue weighted by Gasteiger charge is -2.33. The molecular weight excluding hydrogens is 260 g/mol. The minimum atomic E-state index is -0.687. The molecule has 0 bridgehead atoms. The Morgan fingerprint density at radius 1 is 1.55 bits per heavy atom. The molecule has 0 aromatic carbocycles. The summed E-state index contributed by atoms with van der Waals surface area (Å²) in [5.41, 5.74) is 0.554. The second kappa shape index (κ2) is 6.67. The summed E-state index contributed by atoms with van der Waals surface area (Å²) in [4.78, 5) is 18.1. The number of hydrogen-bond acceptors (Lipinski definition) is 5. The number of ether oxygens (including phenoxy) is 1. The van der Waals surface area contributed by atoms with Crippen LogP contribution in [0.3, 0.4) is 0 Å². The summed E-state index contributed by atoms with van der Waals surface area (Å²) >= 11 is 0. The van der Waals surface area contributed by atoms with Crippen molar-refractivity contribution in [3.05, 3.63) is 23.9 Å². The van der Waals surface area contributed by atoms with Gasteiger partial charge in [0.05, 0.1) is 19.8 Å². The van der Waals surface area contributed by atoms with E-state index in [1.807, 2.05) is 0 Å². The average molecular weight is 280 g/mol. The van der Waals surface area contributed by atoms with Gasteiger partial charge < -0.3 is 19.8 Å². The standard InChI is InChI=1S/C14H20N2O4/c1-20-13-8-11(2-5-15-13)14(19)16-6-3-10(4-7-16)12(18)9-17/h2,5,8,10,12,17-18H,3-4,6-7,9H2,1H3. The van der Waals surface area contributed by atoms with E-state index in [1.165, 1.54) is 7.11 Å². The van der Waals surface area contributed by atoms with Crippen molar-refractivity contribution >= 4 is 5.91 Å². The first-order valence-corrected chi connectivity index (χ1v) is 6.74. The highest BCUT2D eigenvalue weighted by Gasteiger charge is 2.27. The second-order valence-electron chi connectivity index (χ2n) is 4.97. The van der Waals surface area contributed by atoms with E-state index < -0.39 is 6.10 Å². The van der Waals surface area contributed by atoms with Gasteiger partial charge in [-0.3, -0.25) is 4.79 Å². The Balaban J connectivity index is 1.97. The first kappa shape index (κ1) is 14.7.